The third-order valence-corrected chi connectivity index (χ3v) is 3.36. The van der Waals surface area contributed by atoms with E-state index in [1.807, 2.05) is 0 Å². The Hall–Kier alpha value is -3.42. The Kier molecular flexibility index (Phi) is 4.34. The number of nitrogens with zero attached hydrogens (tertiary/aromatic N) is 1. The molecule has 2 heterocycles. The first-order valence-corrected chi connectivity index (χ1v) is 7.42. The SMILES string of the molecule is Cc1cc(NC(=O)[C@@H](C)OC(=O)c2cc(=O)c3ccccc3o2)on1. The first-order chi connectivity index (χ1) is 11.9. The number of aryl methyl sites for hydroxylation is 1. The topological polar surface area (TPSA) is 112 Å². The summed E-state index contributed by atoms with van der Waals surface area (Å²) in [5.74, 6) is -1.66. The molecule has 0 radical (unpaired) electrons. The van der Waals surface area contributed by atoms with Gasteiger partial charge in [-0.3, -0.25) is 14.9 Å². The second-order valence-corrected chi connectivity index (χ2v) is 5.34. The molecule has 0 saturated heterocycles. The molecule has 25 heavy (non-hydrogen) atoms. The van der Waals surface area contributed by atoms with E-state index >= 15 is 0 Å². The van der Waals surface area contributed by atoms with Crippen molar-refractivity contribution in [2.24, 2.45) is 0 Å². The number of rotatable bonds is 4. The molecule has 0 aliphatic carbocycles. The van der Waals surface area contributed by atoms with E-state index in [1.165, 1.54) is 13.0 Å². The van der Waals surface area contributed by atoms with Crippen molar-refractivity contribution >= 4 is 28.7 Å². The maximum absolute atomic E-state index is 12.1. The van der Waals surface area contributed by atoms with E-state index in [2.05, 4.69) is 10.5 Å². The van der Waals surface area contributed by atoms with Gasteiger partial charge in [0.05, 0.1) is 11.1 Å². The van der Waals surface area contributed by atoms with Gasteiger partial charge in [-0.1, -0.05) is 17.3 Å². The van der Waals surface area contributed by atoms with Crippen LogP contribution < -0.4 is 10.7 Å². The predicted molar refractivity (Wildman–Crippen MR) is 87.2 cm³/mol. The molecule has 0 bridgehead atoms. The number of para-hydroxylation sites is 1. The van der Waals surface area contributed by atoms with Crippen LogP contribution in [0.25, 0.3) is 11.0 Å². The van der Waals surface area contributed by atoms with Crippen molar-refractivity contribution in [3.05, 3.63) is 58.1 Å². The molecule has 8 nitrogen and oxygen atoms in total. The van der Waals surface area contributed by atoms with Crippen LogP contribution in [0.5, 0.6) is 0 Å². The van der Waals surface area contributed by atoms with Gasteiger partial charge in [-0.2, -0.15) is 0 Å². The van der Waals surface area contributed by atoms with Gasteiger partial charge in [-0.15, -0.1) is 0 Å². The molecule has 3 rings (SSSR count). The zero-order valence-corrected chi connectivity index (χ0v) is 13.4. The number of anilines is 1. The Morgan fingerprint density at radius 2 is 2.00 bits per heavy atom. The molecular formula is C17H14N2O6. The van der Waals surface area contributed by atoms with Gasteiger partial charge in [0, 0.05) is 12.1 Å². The van der Waals surface area contributed by atoms with Crippen LogP contribution in [0.4, 0.5) is 5.88 Å². The monoisotopic (exact) mass is 342 g/mol. The van der Waals surface area contributed by atoms with Crippen LogP contribution in [0, 0.1) is 6.92 Å². The zero-order valence-electron chi connectivity index (χ0n) is 13.4. The van der Waals surface area contributed by atoms with Gasteiger partial charge in [-0.25, -0.2) is 4.79 Å². The van der Waals surface area contributed by atoms with E-state index < -0.39 is 18.0 Å². The maximum atomic E-state index is 12.1. The fraction of sp³-hybridized carbons (Fsp3) is 0.176. The van der Waals surface area contributed by atoms with Gasteiger partial charge in [0.1, 0.15) is 5.58 Å². The number of ether oxygens (including phenoxy) is 1. The van der Waals surface area contributed by atoms with Gasteiger partial charge in [0.15, 0.2) is 11.5 Å². The highest BCUT2D eigenvalue weighted by atomic mass is 16.6. The van der Waals surface area contributed by atoms with Crippen molar-refractivity contribution < 1.29 is 23.3 Å². The number of amides is 1. The van der Waals surface area contributed by atoms with Gasteiger partial charge < -0.3 is 13.7 Å². The third kappa shape index (κ3) is 3.57. The average molecular weight is 342 g/mol. The standard InChI is InChI=1S/C17H14N2O6/c1-9-7-15(25-19-9)18-16(21)10(2)23-17(22)14-8-12(20)11-5-3-4-6-13(11)24-14/h3-8,10H,1-2H3,(H,18,21)/t10-/m1/s1. The molecule has 0 aliphatic heterocycles. The Labute approximate surface area is 141 Å². The van der Waals surface area contributed by atoms with Crippen molar-refractivity contribution in [3.63, 3.8) is 0 Å². The molecule has 1 aromatic carbocycles. The Bertz CT molecular complexity index is 1000. The lowest BCUT2D eigenvalue weighted by Gasteiger charge is -2.11. The Morgan fingerprint density at radius 1 is 1.24 bits per heavy atom. The lowest BCUT2D eigenvalue weighted by atomic mass is 10.2. The largest absolute Gasteiger partial charge is 0.449 e. The van der Waals surface area contributed by atoms with Crippen LogP contribution >= 0.6 is 0 Å². The van der Waals surface area contributed by atoms with Crippen LogP contribution in [-0.4, -0.2) is 23.1 Å². The first kappa shape index (κ1) is 16.4. The van der Waals surface area contributed by atoms with Crippen LogP contribution in [0.2, 0.25) is 0 Å². The lowest BCUT2D eigenvalue weighted by Crippen LogP contribution is -2.30. The highest BCUT2D eigenvalue weighted by Gasteiger charge is 2.22. The smallest absolute Gasteiger partial charge is 0.375 e. The number of nitrogens with one attached hydrogen (secondary N) is 1. The Morgan fingerprint density at radius 3 is 2.72 bits per heavy atom. The van der Waals surface area contributed by atoms with Gasteiger partial charge in [0.2, 0.25) is 11.6 Å². The molecule has 1 N–H and O–H groups in total. The molecule has 8 heteroatoms. The highest BCUT2D eigenvalue weighted by molar-refractivity contribution is 5.96. The van der Waals surface area contributed by atoms with Gasteiger partial charge in [0.25, 0.3) is 5.91 Å². The molecule has 1 atom stereocenters. The maximum Gasteiger partial charge on any atom is 0.375 e. The highest BCUT2D eigenvalue weighted by Crippen LogP contribution is 2.14. The lowest BCUT2D eigenvalue weighted by molar-refractivity contribution is -0.124. The van der Waals surface area contributed by atoms with E-state index in [4.69, 9.17) is 13.7 Å². The third-order valence-electron chi connectivity index (χ3n) is 3.36. The number of hydrogen-bond donors (Lipinski definition) is 1. The molecule has 0 aliphatic rings. The number of carbonyl (C=O) groups is 2. The zero-order chi connectivity index (χ0) is 18.0. The second-order valence-electron chi connectivity index (χ2n) is 5.34. The van der Waals surface area contributed by atoms with Crippen LogP contribution in [0.15, 0.2) is 50.1 Å². The van der Waals surface area contributed by atoms with Crippen LogP contribution in [-0.2, 0) is 9.53 Å². The molecule has 0 fully saturated rings. The molecule has 0 unspecified atom stereocenters. The summed E-state index contributed by atoms with van der Waals surface area (Å²) in [6, 6.07) is 9.08. The fourth-order valence-electron chi connectivity index (χ4n) is 2.12. The van der Waals surface area contributed by atoms with Crippen molar-refractivity contribution in [1.82, 2.24) is 5.16 Å². The van der Waals surface area contributed by atoms with E-state index in [9.17, 15) is 14.4 Å². The minimum Gasteiger partial charge on any atom is -0.449 e. The predicted octanol–water partition coefficient (Wildman–Crippen LogP) is 2.27. The fourth-order valence-corrected chi connectivity index (χ4v) is 2.12. The number of aromatic nitrogens is 1. The molecule has 0 spiro atoms. The number of hydrogen-bond acceptors (Lipinski definition) is 7. The number of carbonyl (C=O) groups excluding carboxylic acids is 2. The van der Waals surface area contributed by atoms with Crippen molar-refractivity contribution in [3.8, 4) is 0 Å². The molecule has 128 valence electrons. The first-order valence-electron chi connectivity index (χ1n) is 7.42. The molecule has 3 aromatic rings. The summed E-state index contributed by atoms with van der Waals surface area (Å²) in [5, 5.41) is 6.40. The molecule has 1 amide bonds. The van der Waals surface area contributed by atoms with Crippen molar-refractivity contribution in [2.45, 2.75) is 20.0 Å². The minimum absolute atomic E-state index is 0.141. The quantitative estimate of drug-likeness (QED) is 0.724. The normalized spacial score (nSPS) is 11.9. The second kappa shape index (κ2) is 6.60. The average Bonchev–Trinajstić information content (AvgIpc) is 2.99. The summed E-state index contributed by atoms with van der Waals surface area (Å²) in [6.07, 6.45) is -1.13. The minimum atomic E-state index is -1.13. The van der Waals surface area contributed by atoms with E-state index in [0.29, 0.717) is 11.1 Å². The summed E-state index contributed by atoms with van der Waals surface area (Å²) in [5.41, 5.74) is 0.483. The van der Waals surface area contributed by atoms with Crippen molar-refractivity contribution in [2.75, 3.05) is 5.32 Å². The van der Waals surface area contributed by atoms with E-state index in [0.717, 1.165) is 6.07 Å². The van der Waals surface area contributed by atoms with Crippen LogP contribution in [0.3, 0.4) is 0 Å². The summed E-state index contributed by atoms with van der Waals surface area (Å²) in [6.45, 7) is 3.08. The molecular weight excluding hydrogens is 328 g/mol. The summed E-state index contributed by atoms with van der Waals surface area (Å²) >= 11 is 0. The van der Waals surface area contributed by atoms with Crippen molar-refractivity contribution in [1.29, 1.82) is 0 Å². The number of benzene rings is 1. The number of fused-ring (bicyclic) bond motifs is 1. The van der Waals surface area contributed by atoms with Gasteiger partial charge >= 0.3 is 5.97 Å². The Balaban J connectivity index is 1.73. The molecule has 0 saturated carbocycles. The summed E-state index contributed by atoms with van der Waals surface area (Å²) < 4.78 is 15.3. The molecule has 2 aromatic heterocycles. The van der Waals surface area contributed by atoms with E-state index in [1.54, 1.807) is 31.2 Å². The summed E-state index contributed by atoms with van der Waals surface area (Å²) in [7, 11) is 0. The summed E-state index contributed by atoms with van der Waals surface area (Å²) in [4.78, 5) is 36.1. The van der Waals surface area contributed by atoms with Crippen LogP contribution in [0.1, 0.15) is 23.2 Å². The van der Waals surface area contributed by atoms with Gasteiger partial charge in [-0.05, 0) is 26.0 Å². The van der Waals surface area contributed by atoms with E-state index in [-0.39, 0.29) is 22.7 Å². The number of esters is 1.